The molecule has 0 N–H and O–H groups in total. The lowest BCUT2D eigenvalue weighted by Gasteiger charge is -2.30. The summed E-state index contributed by atoms with van der Waals surface area (Å²) in [6.45, 7) is 9.41. The monoisotopic (exact) mass is 693 g/mol. The lowest BCUT2D eigenvalue weighted by molar-refractivity contribution is 0.660. The van der Waals surface area contributed by atoms with Crippen LogP contribution in [0.15, 0.2) is 168 Å². The molecule has 1 aromatic heterocycles. The van der Waals surface area contributed by atoms with Crippen molar-refractivity contribution in [3.8, 4) is 33.4 Å². The van der Waals surface area contributed by atoms with Crippen LogP contribution >= 0.6 is 0 Å². The van der Waals surface area contributed by atoms with Crippen molar-refractivity contribution in [2.24, 2.45) is 0 Å². The topological polar surface area (TPSA) is 16.4 Å². The second-order valence-electron chi connectivity index (χ2n) is 16.1. The Morgan fingerprint density at radius 3 is 1.83 bits per heavy atom. The lowest BCUT2D eigenvalue weighted by atomic mass is 9.82. The van der Waals surface area contributed by atoms with Crippen LogP contribution in [-0.4, -0.2) is 0 Å². The molecule has 11 rings (SSSR count). The molecular weight excluding hydrogens is 655 g/mol. The Morgan fingerprint density at radius 1 is 0.407 bits per heavy atom. The second kappa shape index (κ2) is 11.1. The molecule has 0 bridgehead atoms. The van der Waals surface area contributed by atoms with Crippen LogP contribution in [0, 0.1) is 0 Å². The number of nitrogens with zero attached hydrogens (tertiary/aromatic N) is 1. The van der Waals surface area contributed by atoms with E-state index >= 15 is 0 Å². The van der Waals surface area contributed by atoms with Gasteiger partial charge in [-0.05, 0) is 86.3 Å². The zero-order chi connectivity index (χ0) is 36.3. The molecule has 8 aromatic carbocycles. The molecule has 54 heavy (non-hydrogen) atoms. The minimum Gasteiger partial charge on any atom is -0.455 e. The molecule has 2 heteroatoms. The number of rotatable bonds is 4. The highest BCUT2D eigenvalue weighted by molar-refractivity contribution is 6.17. The highest BCUT2D eigenvalue weighted by atomic mass is 16.3. The van der Waals surface area contributed by atoms with Crippen LogP contribution in [0.25, 0.3) is 66.1 Å². The molecule has 0 saturated heterocycles. The average Bonchev–Trinajstić information content (AvgIpc) is 3.79. The molecule has 0 saturated carbocycles. The lowest BCUT2D eigenvalue weighted by Crippen LogP contribution is -2.16. The van der Waals surface area contributed by atoms with Crippen LogP contribution in [0.1, 0.15) is 49.9 Å². The first kappa shape index (κ1) is 31.2. The summed E-state index contributed by atoms with van der Waals surface area (Å²) in [6, 6.07) is 60.3. The number of anilines is 3. The van der Waals surface area contributed by atoms with Gasteiger partial charge in [0, 0.05) is 49.5 Å². The van der Waals surface area contributed by atoms with Gasteiger partial charge in [-0.15, -0.1) is 0 Å². The van der Waals surface area contributed by atoms with Crippen LogP contribution in [0.5, 0.6) is 0 Å². The minimum absolute atomic E-state index is 0.0577. The molecule has 2 aliphatic carbocycles. The molecule has 9 aromatic rings. The van der Waals surface area contributed by atoms with Gasteiger partial charge in [0.15, 0.2) is 0 Å². The maximum absolute atomic E-state index is 6.75. The van der Waals surface area contributed by atoms with Gasteiger partial charge in [0.25, 0.3) is 0 Å². The van der Waals surface area contributed by atoms with Gasteiger partial charge in [0.2, 0.25) is 0 Å². The van der Waals surface area contributed by atoms with E-state index in [-0.39, 0.29) is 10.8 Å². The van der Waals surface area contributed by atoms with Crippen molar-refractivity contribution >= 4 is 49.8 Å². The quantitative estimate of drug-likeness (QED) is 0.182. The third kappa shape index (κ3) is 4.23. The number of hydrogen-bond donors (Lipinski definition) is 0. The summed E-state index contributed by atoms with van der Waals surface area (Å²) in [4.78, 5) is 2.48. The highest BCUT2D eigenvalue weighted by Gasteiger charge is 2.39. The van der Waals surface area contributed by atoms with Gasteiger partial charge in [-0.25, -0.2) is 0 Å². The molecule has 2 nitrogen and oxygen atoms in total. The molecule has 0 radical (unpaired) electrons. The minimum atomic E-state index is -0.102. The predicted octanol–water partition coefficient (Wildman–Crippen LogP) is 14.5. The van der Waals surface area contributed by atoms with Crippen LogP contribution < -0.4 is 4.90 Å². The van der Waals surface area contributed by atoms with E-state index in [1.165, 1.54) is 55.6 Å². The third-order valence-corrected chi connectivity index (χ3v) is 12.5. The van der Waals surface area contributed by atoms with Crippen molar-refractivity contribution < 1.29 is 4.42 Å². The largest absolute Gasteiger partial charge is 0.455 e. The molecule has 0 atom stereocenters. The fourth-order valence-electron chi connectivity index (χ4n) is 9.74. The smallest absolute Gasteiger partial charge is 0.143 e. The maximum Gasteiger partial charge on any atom is 0.143 e. The highest BCUT2D eigenvalue weighted by Crippen LogP contribution is 2.55. The molecule has 0 unspecified atom stereocenters. The number of para-hydroxylation sites is 1. The molecule has 0 spiro atoms. The Labute approximate surface area is 315 Å². The summed E-state index contributed by atoms with van der Waals surface area (Å²) < 4.78 is 6.75. The Balaban J connectivity index is 1.11. The van der Waals surface area contributed by atoms with Crippen molar-refractivity contribution in [1.29, 1.82) is 0 Å². The third-order valence-electron chi connectivity index (χ3n) is 12.5. The van der Waals surface area contributed by atoms with E-state index < -0.39 is 0 Å². The molecule has 2 aliphatic rings. The molecule has 0 aliphatic heterocycles. The van der Waals surface area contributed by atoms with Crippen molar-refractivity contribution in [2.45, 2.75) is 38.5 Å². The molecule has 258 valence electrons. The summed E-state index contributed by atoms with van der Waals surface area (Å²) in [5, 5.41) is 4.62. The van der Waals surface area contributed by atoms with Crippen molar-refractivity contribution in [1.82, 2.24) is 0 Å². The first-order valence-electron chi connectivity index (χ1n) is 19.0. The Bertz CT molecular complexity index is 3000. The molecular formula is C52H39NO. The maximum atomic E-state index is 6.75. The van der Waals surface area contributed by atoms with Gasteiger partial charge in [-0.1, -0.05) is 155 Å². The Kier molecular flexibility index (Phi) is 6.39. The van der Waals surface area contributed by atoms with Gasteiger partial charge in [-0.2, -0.15) is 0 Å². The van der Waals surface area contributed by atoms with E-state index in [0.717, 1.165) is 49.8 Å². The predicted molar refractivity (Wildman–Crippen MR) is 226 cm³/mol. The second-order valence-corrected chi connectivity index (χ2v) is 16.1. The van der Waals surface area contributed by atoms with Crippen molar-refractivity contribution in [2.75, 3.05) is 4.90 Å². The summed E-state index contributed by atoms with van der Waals surface area (Å²) in [6.07, 6.45) is 0. The van der Waals surface area contributed by atoms with Crippen LogP contribution in [-0.2, 0) is 10.8 Å². The first-order chi connectivity index (χ1) is 26.3. The SMILES string of the molecule is CC1(C)c2ccccc2-c2cc(N(c3ccc(-c4cccc5c4oc4c6ccccc6ccc54)cc3)c3cccc4c3-c3ccccc3C4(C)C)ccc21. The van der Waals surface area contributed by atoms with E-state index in [1.54, 1.807) is 0 Å². The molecule has 0 fully saturated rings. The van der Waals surface area contributed by atoms with E-state index in [1.807, 2.05) is 0 Å². The van der Waals surface area contributed by atoms with Gasteiger partial charge >= 0.3 is 0 Å². The first-order valence-corrected chi connectivity index (χ1v) is 19.0. The van der Waals surface area contributed by atoms with E-state index in [9.17, 15) is 0 Å². The van der Waals surface area contributed by atoms with Gasteiger partial charge < -0.3 is 9.32 Å². The zero-order valence-electron chi connectivity index (χ0n) is 30.9. The molecule has 1 heterocycles. The van der Waals surface area contributed by atoms with Crippen molar-refractivity contribution in [3.05, 3.63) is 186 Å². The zero-order valence-corrected chi connectivity index (χ0v) is 30.9. The van der Waals surface area contributed by atoms with Gasteiger partial charge in [-0.3, -0.25) is 0 Å². The van der Waals surface area contributed by atoms with Crippen LogP contribution in [0.3, 0.4) is 0 Å². The summed E-state index contributed by atoms with van der Waals surface area (Å²) >= 11 is 0. The fraction of sp³-hybridized carbons (Fsp3) is 0.115. The van der Waals surface area contributed by atoms with Crippen molar-refractivity contribution in [3.63, 3.8) is 0 Å². The fourth-order valence-corrected chi connectivity index (χ4v) is 9.74. The Hall–Kier alpha value is -6.38. The summed E-state index contributed by atoms with van der Waals surface area (Å²) in [7, 11) is 0. The average molecular weight is 694 g/mol. The van der Waals surface area contributed by atoms with E-state index in [2.05, 4.69) is 196 Å². The van der Waals surface area contributed by atoms with Gasteiger partial charge in [0.1, 0.15) is 11.2 Å². The van der Waals surface area contributed by atoms with Crippen LogP contribution in [0.2, 0.25) is 0 Å². The number of furan rings is 1. The number of benzene rings is 8. The number of hydrogen-bond acceptors (Lipinski definition) is 2. The summed E-state index contributed by atoms with van der Waals surface area (Å²) in [5.41, 5.74) is 18.1. The normalized spacial score (nSPS) is 14.6. The number of fused-ring (bicyclic) bond motifs is 11. The van der Waals surface area contributed by atoms with E-state index in [0.29, 0.717) is 0 Å². The molecule has 0 amide bonds. The van der Waals surface area contributed by atoms with Crippen LogP contribution in [0.4, 0.5) is 17.1 Å². The van der Waals surface area contributed by atoms with Gasteiger partial charge in [0.05, 0.1) is 5.69 Å². The Morgan fingerprint density at radius 2 is 1.00 bits per heavy atom. The standard InChI is InChI=1S/C52H39NO/c1-51(2)43-19-9-7-15-38(43)42-31-35(28-30-45(42)51)53(47-22-12-21-46-48(47)41-16-8-10-20-44(41)52(46,3)4)34-26-23-33(24-27-34)37-17-11-18-39-40-29-25-32-13-5-6-14-36(32)50(40)54-49(37)39/h5-31H,1-4H3. The van der Waals surface area contributed by atoms with E-state index in [4.69, 9.17) is 4.42 Å². The summed E-state index contributed by atoms with van der Waals surface area (Å²) in [5.74, 6) is 0.